The summed E-state index contributed by atoms with van der Waals surface area (Å²) in [5.74, 6) is -0.810. The van der Waals surface area contributed by atoms with Crippen LogP contribution in [0, 0.1) is 5.41 Å². The summed E-state index contributed by atoms with van der Waals surface area (Å²) in [5.41, 5.74) is 1.09. The molecule has 2 aliphatic rings. The molecule has 1 aromatic heterocycles. The van der Waals surface area contributed by atoms with Crippen LogP contribution in [0.15, 0.2) is 30.3 Å². The summed E-state index contributed by atoms with van der Waals surface area (Å²) in [5, 5.41) is 3.78. The SMILES string of the molecule is CC(=O)N[C@@H](CCC(=O)OC(C)(C)C)C(=O)N1CCC2(CCN(C(=O)c3cc4ccccc4n3C)CC2)C1. The monoisotopic (exact) mass is 524 g/mol. The maximum atomic E-state index is 13.4. The molecule has 4 rings (SSSR count). The van der Waals surface area contributed by atoms with E-state index in [1.165, 1.54) is 6.92 Å². The molecule has 3 heterocycles. The van der Waals surface area contributed by atoms with E-state index in [1.807, 2.05) is 51.7 Å². The van der Waals surface area contributed by atoms with E-state index in [9.17, 15) is 19.2 Å². The number of rotatable bonds is 6. The van der Waals surface area contributed by atoms with Gasteiger partial charge in [0.05, 0.1) is 0 Å². The molecule has 0 aliphatic carbocycles. The first-order valence-electron chi connectivity index (χ1n) is 13.5. The molecule has 9 nitrogen and oxygen atoms in total. The zero-order valence-electron chi connectivity index (χ0n) is 23.2. The van der Waals surface area contributed by atoms with E-state index in [2.05, 4.69) is 5.32 Å². The number of benzene rings is 1. The fourth-order valence-electron chi connectivity index (χ4n) is 5.75. The summed E-state index contributed by atoms with van der Waals surface area (Å²) in [7, 11) is 1.93. The zero-order valence-corrected chi connectivity index (χ0v) is 23.2. The van der Waals surface area contributed by atoms with Gasteiger partial charge in [0.2, 0.25) is 11.8 Å². The van der Waals surface area contributed by atoms with Gasteiger partial charge in [-0.1, -0.05) is 18.2 Å². The number of hydrogen-bond acceptors (Lipinski definition) is 5. The molecule has 1 spiro atoms. The first kappa shape index (κ1) is 27.7. The minimum absolute atomic E-state index is 0.0305. The van der Waals surface area contributed by atoms with Crippen LogP contribution < -0.4 is 5.32 Å². The Morgan fingerprint density at radius 1 is 1.03 bits per heavy atom. The van der Waals surface area contributed by atoms with Gasteiger partial charge < -0.3 is 24.4 Å². The number of aryl methyl sites for hydroxylation is 1. The number of nitrogens with zero attached hydrogens (tertiary/aromatic N) is 3. The van der Waals surface area contributed by atoms with Crippen LogP contribution in [-0.2, 0) is 26.2 Å². The maximum Gasteiger partial charge on any atom is 0.306 e. The third-order valence-electron chi connectivity index (χ3n) is 7.76. The van der Waals surface area contributed by atoms with Crippen molar-refractivity contribution in [2.75, 3.05) is 26.2 Å². The fraction of sp³-hybridized carbons (Fsp3) is 0.586. The van der Waals surface area contributed by atoms with E-state index >= 15 is 0 Å². The first-order valence-corrected chi connectivity index (χ1v) is 13.5. The van der Waals surface area contributed by atoms with Crippen LogP contribution >= 0.6 is 0 Å². The van der Waals surface area contributed by atoms with Crippen LogP contribution in [0.25, 0.3) is 10.9 Å². The Morgan fingerprint density at radius 2 is 1.66 bits per heavy atom. The number of para-hydroxylation sites is 1. The highest BCUT2D eigenvalue weighted by Gasteiger charge is 2.44. The molecule has 0 saturated carbocycles. The minimum Gasteiger partial charge on any atom is -0.460 e. The number of aromatic nitrogens is 1. The van der Waals surface area contributed by atoms with Crippen molar-refractivity contribution in [3.05, 3.63) is 36.0 Å². The van der Waals surface area contributed by atoms with Crippen molar-refractivity contribution >= 4 is 34.6 Å². The molecule has 1 atom stereocenters. The third-order valence-corrected chi connectivity index (χ3v) is 7.76. The van der Waals surface area contributed by atoms with Gasteiger partial charge in [-0.3, -0.25) is 19.2 Å². The maximum absolute atomic E-state index is 13.4. The predicted octanol–water partition coefficient (Wildman–Crippen LogP) is 3.26. The van der Waals surface area contributed by atoms with E-state index < -0.39 is 11.6 Å². The number of ether oxygens (including phenoxy) is 1. The minimum atomic E-state index is -0.761. The smallest absolute Gasteiger partial charge is 0.306 e. The lowest BCUT2D eigenvalue weighted by Gasteiger charge is -2.39. The Hall–Kier alpha value is -3.36. The van der Waals surface area contributed by atoms with Gasteiger partial charge in [0, 0.05) is 57.5 Å². The lowest BCUT2D eigenvalue weighted by molar-refractivity contribution is -0.155. The van der Waals surface area contributed by atoms with Crippen LogP contribution in [0.2, 0.25) is 0 Å². The van der Waals surface area contributed by atoms with E-state index in [-0.39, 0.29) is 41.9 Å². The number of carbonyl (C=O) groups is 4. The van der Waals surface area contributed by atoms with Gasteiger partial charge in [0.15, 0.2) is 0 Å². The molecule has 1 aromatic carbocycles. The number of hydrogen-bond donors (Lipinski definition) is 1. The Balaban J connectivity index is 1.35. The van der Waals surface area contributed by atoms with E-state index in [1.54, 1.807) is 20.8 Å². The molecule has 3 amide bonds. The molecule has 2 aromatic rings. The first-order chi connectivity index (χ1) is 17.9. The van der Waals surface area contributed by atoms with Crippen LogP contribution in [0.5, 0.6) is 0 Å². The van der Waals surface area contributed by atoms with E-state index in [0.29, 0.717) is 31.9 Å². The number of nitrogens with one attached hydrogen (secondary N) is 1. The second-order valence-corrected chi connectivity index (χ2v) is 11.8. The quantitative estimate of drug-likeness (QED) is 0.585. The lowest BCUT2D eigenvalue weighted by Crippen LogP contribution is -2.49. The number of esters is 1. The van der Waals surface area contributed by atoms with E-state index in [4.69, 9.17) is 4.74 Å². The van der Waals surface area contributed by atoms with Crippen molar-refractivity contribution in [1.29, 1.82) is 0 Å². The van der Waals surface area contributed by atoms with Crippen LogP contribution in [0.1, 0.15) is 70.3 Å². The lowest BCUT2D eigenvalue weighted by atomic mass is 9.77. The second-order valence-electron chi connectivity index (χ2n) is 11.8. The number of likely N-dealkylation sites (tertiary alicyclic amines) is 2. The zero-order chi connectivity index (χ0) is 27.7. The van der Waals surface area contributed by atoms with Crippen LogP contribution in [0.4, 0.5) is 0 Å². The Bertz CT molecular complexity index is 1220. The Morgan fingerprint density at radius 3 is 2.26 bits per heavy atom. The number of carbonyl (C=O) groups excluding carboxylic acids is 4. The average Bonchev–Trinajstić information content (AvgIpc) is 3.41. The van der Waals surface area contributed by atoms with Gasteiger partial charge in [0.1, 0.15) is 17.3 Å². The average molecular weight is 525 g/mol. The highest BCUT2D eigenvalue weighted by Crippen LogP contribution is 2.41. The van der Waals surface area contributed by atoms with Crippen molar-refractivity contribution in [2.24, 2.45) is 12.5 Å². The molecule has 2 aliphatic heterocycles. The Kier molecular flexibility index (Phi) is 7.85. The van der Waals surface area contributed by atoms with Gasteiger partial charge in [-0.25, -0.2) is 0 Å². The molecule has 2 fully saturated rings. The molecule has 2 saturated heterocycles. The fourth-order valence-corrected chi connectivity index (χ4v) is 5.75. The van der Waals surface area contributed by atoms with Crippen molar-refractivity contribution < 1.29 is 23.9 Å². The van der Waals surface area contributed by atoms with Crippen LogP contribution in [-0.4, -0.2) is 75.9 Å². The van der Waals surface area contributed by atoms with Crippen molar-refractivity contribution in [1.82, 2.24) is 19.7 Å². The standard InChI is InChI=1S/C29H40N4O5/c1-20(34)30-22(10-11-25(35)38-28(2,3)4)26(36)33-17-14-29(19-33)12-15-32(16-13-29)27(37)24-18-21-8-6-7-9-23(21)31(24)5/h6-9,18,22H,10-17,19H2,1-5H3,(H,30,34)/t22-/m0/s1. The molecular weight excluding hydrogens is 484 g/mol. The van der Waals surface area contributed by atoms with Crippen LogP contribution in [0.3, 0.4) is 0 Å². The number of fused-ring (bicyclic) bond motifs is 1. The summed E-state index contributed by atoms with van der Waals surface area (Å²) < 4.78 is 7.32. The Labute approximate surface area is 224 Å². The molecule has 38 heavy (non-hydrogen) atoms. The van der Waals surface area contributed by atoms with Crippen molar-refractivity contribution in [2.45, 2.75) is 71.4 Å². The number of amides is 3. The van der Waals surface area contributed by atoms with Gasteiger partial charge in [-0.05, 0) is 64.0 Å². The molecule has 0 unspecified atom stereocenters. The summed E-state index contributed by atoms with van der Waals surface area (Å²) in [6, 6.07) is 9.18. The predicted molar refractivity (Wildman–Crippen MR) is 144 cm³/mol. The topological polar surface area (TPSA) is 101 Å². The molecule has 9 heteroatoms. The van der Waals surface area contributed by atoms with Gasteiger partial charge in [0.25, 0.3) is 5.91 Å². The second kappa shape index (κ2) is 10.8. The van der Waals surface area contributed by atoms with E-state index in [0.717, 1.165) is 30.2 Å². The van der Waals surface area contributed by atoms with Gasteiger partial charge >= 0.3 is 5.97 Å². The molecule has 1 N–H and O–H groups in total. The molecular formula is C29H40N4O5. The van der Waals surface area contributed by atoms with Gasteiger partial charge in [-0.15, -0.1) is 0 Å². The molecule has 0 radical (unpaired) electrons. The van der Waals surface area contributed by atoms with Crippen molar-refractivity contribution in [3.8, 4) is 0 Å². The molecule has 0 bridgehead atoms. The normalized spacial score (nSPS) is 18.0. The highest BCUT2D eigenvalue weighted by atomic mass is 16.6. The summed E-state index contributed by atoms with van der Waals surface area (Å²) in [4.78, 5) is 54.5. The summed E-state index contributed by atoms with van der Waals surface area (Å²) in [6.45, 7) is 9.28. The van der Waals surface area contributed by atoms with Gasteiger partial charge in [-0.2, -0.15) is 0 Å². The summed E-state index contributed by atoms with van der Waals surface area (Å²) >= 11 is 0. The largest absolute Gasteiger partial charge is 0.460 e. The summed E-state index contributed by atoms with van der Waals surface area (Å²) in [6.07, 6.45) is 2.78. The number of piperidine rings is 1. The molecule has 206 valence electrons. The highest BCUT2D eigenvalue weighted by molar-refractivity contribution is 5.98. The van der Waals surface area contributed by atoms with Crippen molar-refractivity contribution in [3.63, 3.8) is 0 Å². The third kappa shape index (κ3) is 6.19.